The van der Waals surface area contributed by atoms with Gasteiger partial charge < -0.3 is 4.79 Å². The lowest BCUT2D eigenvalue weighted by atomic mass is 9.91. The number of hydrogen-bond donors (Lipinski definition) is 0. The second-order valence-electron chi connectivity index (χ2n) is 3.83. The van der Waals surface area contributed by atoms with Gasteiger partial charge in [0.25, 0.3) is 0 Å². The third-order valence-corrected chi connectivity index (χ3v) is 2.63. The first kappa shape index (κ1) is 11.8. The van der Waals surface area contributed by atoms with Crippen molar-refractivity contribution in [2.45, 2.75) is 33.1 Å². The highest BCUT2D eigenvalue weighted by Gasteiger charge is 2.18. The number of aryl methyl sites for hydroxylation is 1. The monoisotopic (exact) mass is 212 g/mol. The lowest BCUT2D eigenvalue weighted by Gasteiger charge is -2.15. The van der Waals surface area contributed by atoms with E-state index in [1.807, 2.05) is 0 Å². The van der Waals surface area contributed by atoms with E-state index in [0.29, 0.717) is 11.1 Å². The van der Waals surface area contributed by atoms with Gasteiger partial charge in [0.1, 0.15) is 17.9 Å². The molecular weight excluding hydrogens is 198 g/mol. The fourth-order valence-corrected chi connectivity index (χ4v) is 1.72. The van der Waals surface area contributed by atoms with Crippen LogP contribution in [0, 0.1) is 25.5 Å². The maximum Gasteiger partial charge on any atom is 0.130 e. The number of rotatable bonds is 3. The van der Waals surface area contributed by atoms with Crippen molar-refractivity contribution in [1.82, 2.24) is 0 Å². The maximum atomic E-state index is 13.7. The summed E-state index contributed by atoms with van der Waals surface area (Å²) in [4.78, 5) is 10.4. The van der Waals surface area contributed by atoms with Gasteiger partial charge in [0, 0.05) is 6.42 Å². The van der Waals surface area contributed by atoms with Crippen LogP contribution in [0.15, 0.2) is 6.07 Å². The minimum Gasteiger partial charge on any atom is -0.303 e. The minimum absolute atomic E-state index is 0.209. The highest BCUT2D eigenvalue weighted by Crippen LogP contribution is 2.28. The van der Waals surface area contributed by atoms with E-state index in [1.54, 1.807) is 6.92 Å². The number of carbonyl (C=O) groups excluding carboxylic acids is 1. The zero-order valence-corrected chi connectivity index (χ0v) is 9.10. The molecule has 0 N–H and O–H groups in total. The van der Waals surface area contributed by atoms with Crippen LogP contribution in [0.4, 0.5) is 8.78 Å². The number of benzene rings is 1. The molecule has 3 heteroatoms. The zero-order chi connectivity index (χ0) is 11.6. The first-order valence-corrected chi connectivity index (χ1v) is 4.87. The van der Waals surface area contributed by atoms with E-state index in [4.69, 9.17) is 0 Å². The van der Waals surface area contributed by atoms with Gasteiger partial charge in [-0.25, -0.2) is 8.78 Å². The van der Waals surface area contributed by atoms with Crippen molar-refractivity contribution in [2.24, 2.45) is 0 Å². The van der Waals surface area contributed by atoms with Crippen LogP contribution in [0.3, 0.4) is 0 Å². The van der Waals surface area contributed by atoms with Gasteiger partial charge in [0.05, 0.1) is 0 Å². The summed E-state index contributed by atoms with van der Waals surface area (Å²) in [6, 6.07) is 1.18. The molecule has 1 aromatic rings. The first-order chi connectivity index (χ1) is 6.99. The molecule has 0 bridgehead atoms. The molecule has 0 radical (unpaired) electrons. The number of hydrogen-bond acceptors (Lipinski definition) is 1. The van der Waals surface area contributed by atoms with Crippen LogP contribution in [0.1, 0.15) is 36.0 Å². The lowest BCUT2D eigenvalue weighted by Crippen LogP contribution is -2.05. The minimum atomic E-state index is -0.415. The van der Waals surface area contributed by atoms with Gasteiger partial charge in [-0.2, -0.15) is 0 Å². The van der Waals surface area contributed by atoms with E-state index in [2.05, 4.69) is 0 Å². The summed E-state index contributed by atoms with van der Waals surface area (Å²) in [5.41, 5.74) is 0.901. The van der Waals surface area contributed by atoms with Crippen molar-refractivity contribution in [2.75, 3.05) is 0 Å². The van der Waals surface area contributed by atoms with Crippen LogP contribution >= 0.6 is 0 Å². The zero-order valence-electron chi connectivity index (χ0n) is 9.10. The van der Waals surface area contributed by atoms with Crippen LogP contribution in [-0.2, 0) is 4.79 Å². The number of aldehydes is 1. The van der Waals surface area contributed by atoms with E-state index in [9.17, 15) is 13.6 Å². The summed E-state index contributed by atoms with van der Waals surface area (Å²) < 4.78 is 27.1. The van der Waals surface area contributed by atoms with Crippen molar-refractivity contribution in [3.05, 3.63) is 34.4 Å². The molecule has 1 atom stereocenters. The molecule has 1 nitrogen and oxygen atoms in total. The molecule has 0 saturated heterocycles. The molecule has 82 valence electrons. The third kappa shape index (κ3) is 2.22. The highest BCUT2D eigenvalue weighted by atomic mass is 19.1. The Labute approximate surface area is 88.1 Å². The Morgan fingerprint density at radius 1 is 1.40 bits per heavy atom. The van der Waals surface area contributed by atoms with Gasteiger partial charge in [-0.05, 0) is 42.5 Å². The Balaban J connectivity index is 3.31. The quantitative estimate of drug-likeness (QED) is 0.703. The van der Waals surface area contributed by atoms with Crippen LogP contribution in [0.5, 0.6) is 0 Å². The van der Waals surface area contributed by atoms with E-state index >= 15 is 0 Å². The Bertz CT molecular complexity index is 359. The molecule has 0 heterocycles. The van der Waals surface area contributed by atoms with Gasteiger partial charge in [-0.3, -0.25) is 0 Å². The molecule has 15 heavy (non-hydrogen) atoms. The molecule has 0 spiro atoms. The van der Waals surface area contributed by atoms with Gasteiger partial charge in [0.15, 0.2) is 0 Å². The Morgan fingerprint density at radius 3 is 2.53 bits per heavy atom. The predicted molar refractivity (Wildman–Crippen MR) is 54.9 cm³/mol. The van der Waals surface area contributed by atoms with Gasteiger partial charge >= 0.3 is 0 Å². The summed E-state index contributed by atoms with van der Waals surface area (Å²) in [5.74, 6) is -1.10. The van der Waals surface area contributed by atoms with Crippen LogP contribution in [0.25, 0.3) is 0 Å². The number of halogens is 2. The molecule has 0 aliphatic carbocycles. The Hall–Kier alpha value is -1.25. The average molecular weight is 212 g/mol. The van der Waals surface area contributed by atoms with Gasteiger partial charge in [0.2, 0.25) is 0 Å². The van der Waals surface area contributed by atoms with E-state index < -0.39 is 11.6 Å². The van der Waals surface area contributed by atoms with E-state index in [1.165, 1.54) is 19.9 Å². The summed E-state index contributed by atoms with van der Waals surface area (Å²) in [6.07, 6.45) is 0.935. The fourth-order valence-electron chi connectivity index (χ4n) is 1.72. The summed E-state index contributed by atoms with van der Waals surface area (Å²) in [7, 11) is 0. The predicted octanol–water partition coefficient (Wildman–Crippen LogP) is 3.27. The van der Waals surface area contributed by atoms with Gasteiger partial charge in [-0.15, -0.1) is 0 Å². The van der Waals surface area contributed by atoms with E-state index in [-0.39, 0.29) is 17.9 Å². The molecule has 1 aromatic carbocycles. The largest absolute Gasteiger partial charge is 0.303 e. The molecule has 0 aromatic heterocycles. The van der Waals surface area contributed by atoms with Crippen molar-refractivity contribution in [1.29, 1.82) is 0 Å². The fraction of sp³-hybridized carbons (Fsp3) is 0.417. The Kier molecular flexibility index (Phi) is 3.56. The second kappa shape index (κ2) is 4.51. The molecular formula is C12H14F2O. The van der Waals surface area contributed by atoms with Crippen molar-refractivity contribution in [3.8, 4) is 0 Å². The smallest absolute Gasteiger partial charge is 0.130 e. The van der Waals surface area contributed by atoms with Crippen molar-refractivity contribution >= 4 is 6.29 Å². The van der Waals surface area contributed by atoms with Crippen LogP contribution in [0.2, 0.25) is 0 Å². The van der Waals surface area contributed by atoms with Crippen LogP contribution in [-0.4, -0.2) is 6.29 Å². The molecule has 0 aliphatic rings. The molecule has 0 fully saturated rings. The third-order valence-electron chi connectivity index (χ3n) is 2.63. The SMILES string of the molecule is Cc1cc(F)c(C)c(C(C)CC=O)c1F. The van der Waals surface area contributed by atoms with Crippen molar-refractivity contribution < 1.29 is 13.6 Å². The molecule has 0 saturated carbocycles. The molecule has 0 aliphatic heterocycles. The second-order valence-corrected chi connectivity index (χ2v) is 3.83. The van der Waals surface area contributed by atoms with Crippen molar-refractivity contribution in [3.63, 3.8) is 0 Å². The summed E-state index contributed by atoms with van der Waals surface area (Å²) in [6.45, 7) is 4.78. The molecule has 0 amide bonds. The topological polar surface area (TPSA) is 17.1 Å². The molecule has 1 unspecified atom stereocenters. The molecule has 1 rings (SSSR count). The Morgan fingerprint density at radius 2 is 2.00 bits per heavy atom. The highest BCUT2D eigenvalue weighted by molar-refractivity contribution is 5.52. The standard InChI is InChI=1S/C12H14F2O/c1-7(4-5-15)11-9(3)10(13)6-8(2)12(11)14/h5-7H,4H2,1-3H3. The first-order valence-electron chi connectivity index (χ1n) is 4.87. The average Bonchev–Trinajstić information content (AvgIpc) is 2.16. The maximum absolute atomic E-state index is 13.7. The van der Waals surface area contributed by atoms with Crippen LogP contribution < -0.4 is 0 Å². The van der Waals surface area contributed by atoms with E-state index in [0.717, 1.165) is 6.29 Å². The summed E-state index contributed by atoms with van der Waals surface area (Å²) in [5, 5.41) is 0. The lowest BCUT2D eigenvalue weighted by molar-refractivity contribution is -0.108. The number of carbonyl (C=O) groups is 1. The summed E-state index contributed by atoms with van der Waals surface area (Å²) >= 11 is 0. The normalized spacial score (nSPS) is 12.6. The van der Waals surface area contributed by atoms with Gasteiger partial charge in [-0.1, -0.05) is 6.92 Å².